The SMILES string of the molecule is Cn1nc(C#N)c(C(N)=O)c1-c1cc(F)c2ncccc2c1. The lowest BCUT2D eigenvalue weighted by Crippen LogP contribution is -2.13. The largest absolute Gasteiger partial charge is 0.365 e. The van der Waals surface area contributed by atoms with E-state index in [0.717, 1.165) is 0 Å². The maximum absolute atomic E-state index is 14.2. The van der Waals surface area contributed by atoms with Gasteiger partial charge in [-0.15, -0.1) is 0 Å². The summed E-state index contributed by atoms with van der Waals surface area (Å²) in [6.07, 6.45) is 1.50. The molecule has 108 valence electrons. The number of halogens is 1. The molecular formula is C15H10FN5O. The highest BCUT2D eigenvalue weighted by atomic mass is 19.1. The number of benzene rings is 1. The van der Waals surface area contributed by atoms with E-state index in [1.165, 1.54) is 16.9 Å². The highest BCUT2D eigenvalue weighted by molar-refractivity contribution is 6.01. The van der Waals surface area contributed by atoms with Crippen LogP contribution in [0, 0.1) is 17.1 Å². The van der Waals surface area contributed by atoms with E-state index in [-0.39, 0.29) is 16.8 Å². The van der Waals surface area contributed by atoms with Crippen molar-refractivity contribution in [3.63, 3.8) is 0 Å². The van der Waals surface area contributed by atoms with Crippen LogP contribution >= 0.6 is 0 Å². The molecule has 2 aromatic heterocycles. The summed E-state index contributed by atoms with van der Waals surface area (Å²) in [5.74, 6) is -1.31. The summed E-state index contributed by atoms with van der Waals surface area (Å²) in [4.78, 5) is 15.6. The van der Waals surface area contributed by atoms with Crippen LogP contribution in [0.4, 0.5) is 4.39 Å². The van der Waals surface area contributed by atoms with E-state index >= 15 is 0 Å². The molecule has 6 nitrogen and oxygen atoms in total. The molecule has 0 saturated carbocycles. The molecule has 0 atom stereocenters. The third-order valence-electron chi connectivity index (χ3n) is 3.33. The van der Waals surface area contributed by atoms with Gasteiger partial charge in [-0.1, -0.05) is 6.07 Å². The van der Waals surface area contributed by atoms with Gasteiger partial charge in [-0.25, -0.2) is 4.39 Å². The molecule has 0 aliphatic carbocycles. The standard InChI is InChI=1S/C15H10FN5O/c1-21-14(12(15(18)22)11(7-17)20-21)9-5-8-3-2-4-19-13(8)10(16)6-9/h2-6H,1H3,(H2,18,22). The molecule has 0 fully saturated rings. The van der Waals surface area contributed by atoms with Gasteiger partial charge in [0, 0.05) is 24.2 Å². The zero-order valence-electron chi connectivity index (χ0n) is 11.5. The number of carbonyl (C=O) groups excluding carboxylic acids is 1. The predicted molar refractivity (Wildman–Crippen MR) is 77.1 cm³/mol. The number of primary amides is 1. The number of aromatic nitrogens is 3. The Hall–Kier alpha value is -3.27. The summed E-state index contributed by atoms with van der Waals surface area (Å²) < 4.78 is 15.6. The van der Waals surface area contributed by atoms with E-state index in [1.807, 2.05) is 6.07 Å². The number of fused-ring (bicyclic) bond motifs is 1. The van der Waals surface area contributed by atoms with Crippen molar-refractivity contribution in [2.75, 3.05) is 0 Å². The van der Waals surface area contributed by atoms with Gasteiger partial charge in [0.25, 0.3) is 5.91 Å². The summed E-state index contributed by atoms with van der Waals surface area (Å²) >= 11 is 0. The van der Waals surface area contributed by atoms with E-state index in [0.29, 0.717) is 16.6 Å². The maximum atomic E-state index is 14.2. The highest BCUT2D eigenvalue weighted by Gasteiger charge is 2.22. The van der Waals surface area contributed by atoms with Gasteiger partial charge in [0.05, 0.1) is 5.69 Å². The van der Waals surface area contributed by atoms with Crippen LogP contribution in [0.15, 0.2) is 30.5 Å². The fourth-order valence-electron chi connectivity index (χ4n) is 2.45. The van der Waals surface area contributed by atoms with Crippen molar-refractivity contribution in [1.82, 2.24) is 14.8 Å². The van der Waals surface area contributed by atoms with E-state index in [9.17, 15) is 9.18 Å². The van der Waals surface area contributed by atoms with Crippen molar-refractivity contribution >= 4 is 16.8 Å². The van der Waals surface area contributed by atoms with E-state index in [4.69, 9.17) is 11.0 Å². The van der Waals surface area contributed by atoms with Crippen molar-refractivity contribution in [3.8, 4) is 17.3 Å². The Labute approximate surface area is 124 Å². The third kappa shape index (κ3) is 1.98. The first-order valence-electron chi connectivity index (χ1n) is 6.34. The fraction of sp³-hybridized carbons (Fsp3) is 0.0667. The molecule has 0 spiro atoms. The van der Waals surface area contributed by atoms with Crippen LogP contribution in [0.2, 0.25) is 0 Å². The first-order chi connectivity index (χ1) is 10.5. The second-order valence-electron chi connectivity index (χ2n) is 4.71. The second kappa shape index (κ2) is 4.93. The molecule has 0 bridgehead atoms. The molecule has 1 aromatic carbocycles. The minimum Gasteiger partial charge on any atom is -0.365 e. The molecule has 0 aliphatic rings. The Morgan fingerprint density at radius 2 is 2.23 bits per heavy atom. The Morgan fingerprint density at radius 1 is 1.45 bits per heavy atom. The smallest absolute Gasteiger partial charge is 0.253 e. The number of nitrogens with two attached hydrogens (primary N) is 1. The maximum Gasteiger partial charge on any atom is 0.253 e. The number of hydrogen-bond donors (Lipinski definition) is 1. The Balaban J connectivity index is 2.35. The first-order valence-corrected chi connectivity index (χ1v) is 6.34. The molecule has 2 heterocycles. The van der Waals surface area contributed by atoms with E-state index in [2.05, 4.69) is 10.1 Å². The molecule has 22 heavy (non-hydrogen) atoms. The van der Waals surface area contributed by atoms with Crippen molar-refractivity contribution in [2.45, 2.75) is 0 Å². The molecule has 3 aromatic rings. The average molecular weight is 295 g/mol. The summed E-state index contributed by atoms with van der Waals surface area (Å²) in [5, 5.41) is 13.6. The lowest BCUT2D eigenvalue weighted by molar-refractivity contribution is 0.100. The van der Waals surface area contributed by atoms with Gasteiger partial charge in [-0.3, -0.25) is 14.5 Å². The van der Waals surface area contributed by atoms with Gasteiger partial charge >= 0.3 is 0 Å². The van der Waals surface area contributed by atoms with Gasteiger partial charge in [-0.2, -0.15) is 10.4 Å². The molecule has 0 aliphatic heterocycles. The van der Waals surface area contributed by atoms with Crippen LogP contribution in [-0.4, -0.2) is 20.7 Å². The highest BCUT2D eigenvalue weighted by Crippen LogP contribution is 2.29. The molecule has 2 N–H and O–H groups in total. The number of aryl methyl sites for hydroxylation is 1. The number of carbonyl (C=O) groups is 1. The van der Waals surface area contributed by atoms with E-state index in [1.54, 1.807) is 25.2 Å². The summed E-state index contributed by atoms with van der Waals surface area (Å²) in [5.41, 5.74) is 6.17. The Bertz CT molecular complexity index is 954. The summed E-state index contributed by atoms with van der Waals surface area (Å²) in [6.45, 7) is 0. The quantitative estimate of drug-likeness (QED) is 0.778. The molecule has 3 rings (SSSR count). The Morgan fingerprint density at radius 3 is 2.91 bits per heavy atom. The second-order valence-corrected chi connectivity index (χ2v) is 4.71. The topological polar surface area (TPSA) is 97.6 Å². The molecular weight excluding hydrogens is 285 g/mol. The van der Waals surface area contributed by atoms with Gasteiger partial charge in [0.1, 0.15) is 23.0 Å². The van der Waals surface area contributed by atoms with Gasteiger partial charge in [0.15, 0.2) is 5.69 Å². The zero-order valence-corrected chi connectivity index (χ0v) is 11.5. The summed E-state index contributed by atoms with van der Waals surface area (Å²) in [6, 6.07) is 8.14. The van der Waals surface area contributed by atoms with Crippen LogP contribution in [-0.2, 0) is 7.05 Å². The zero-order chi connectivity index (χ0) is 15.9. The predicted octanol–water partition coefficient (Wildman–Crippen LogP) is 1.74. The van der Waals surface area contributed by atoms with Gasteiger partial charge in [0.2, 0.25) is 0 Å². The summed E-state index contributed by atoms with van der Waals surface area (Å²) in [7, 11) is 1.56. The van der Waals surface area contributed by atoms with Crippen molar-refractivity contribution < 1.29 is 9.18 Å². The fourth-order valence-corrected chi connectivity index (χ4v) is 2.45. The van der Waals surface area contributed by atoms with Crippen molar-refractivity contribution in [2.24, 2.45) is 12.8 Å². The molecule has 0 unspecified atom stereocenters. The minimum atomic E-state index is -0.786. The average Bonchev–Trinajstić information content (AvgIpc) is 2.84. The van der Waals surface area contributed by atoms with Crippen molar-refractivity contribution in [1.29, 1.82) is 5.26 Å². The van der Waals surface area contributed by atoms with Crippen molar-refractivity contribution in [3.05, 3.63) is 47.5 Å². The first kappa shape index (κ1) is 13.7. The minimum absolute atomic E-state index is 0.0207. The van der Waals surface area contributed by atoms with Gasteiger partial charge in [-0.05, 0) is 18.2 Å². The molecule has 0 saturated heterocycles. The molecule has 7 heteroatoms. The van der Waals surface area contributed by atoms with Crippen LogP contribution in [0.25, 0.3) is 22.2 Å². The molecule has 0 radical (unpaired) electrons. The molecule has 1 amide bonds. The monoisotopic (exact) mass is 295 g/mol. The van der Waals surface area contributed by atoms with Crippen LogP contribution in [0.5, 0.6) is 0 Å². The Kier molecular flexibility index (Phi) is 3.07. The van der Waals surface area contributed by atoms with Gasteiger partial charge < -0.3 is 5.73 Å². The number of rotatable bonds is 2. The number of hydrogen-bond acceptors (Lipinski definition) is 4. The number of pyridine rings is 1. The number of nitriles is 1. The van der Waals surface area contributed by atoms with E-state index < -0.39 is 11.7 Å². The normalized spacial score (nSPS) is 10.6. The third-order valence-corrected chi connectivity index (χ3v) is 3.33. The number of nitrogens with zero attached hydrogens (tertiary/aromatic N) is 4. The van der Waals surface area contributed by atoms with Crippen LogP contribution < -0.4 is 5.73 Å². The lowest BCUT2D eigenvalue weighted by Gasteiger charge is -2.07. The number of amides is 1. The lowest BCUT2D eigenvalue weighted by atomic mass is 10.0. The van der Waals surface area contributed by atoms with Crippen LogP contribution in [0.1, 0.15) is 16.1 Å². The van der Waals surface area contributed by atoms with Crippen LogP contribution in [0.3, 0.4) is 0 Å².